The topological polar surface area (TPSA) is 119 Å². The molecule has 10 heteroatoms. The number of phenols is 1. The van der Waals surface area contributed by atoms with Crippen LogP contribution >= 0.6 is 11.6 Å². The number of piperidine rings is 1. The lowest BCUT2D eigenvalue weighted by Crippen LogP contribution is -2.53. The Labute approximate surface area is 233 Å². The standard InChI is InChI=1S/C29H27ClN2O6S/c1-39(36)20-10-5-9-19(13-20)21-15-24(33)22(14-23(21)30)25-26(31)29(38-27(25)34)11-6-12-32(17-29)28(35)37-16-18-7-3-2-4-8-18/h2-5,7-10,13-15,33H,6,11-12,16-17,31H2,1H3. The Bertz CT molecular complexity index is 1510. The number of aromatic hydroxyl groups is 1. The predicted octanol–water partition coefficient (Wildman–Crippen LogP) is 4.85. The van der Waals surface area contributed by atoms with Gasteiger partial charge >= 0.3 is 12.1 Å². The summed E-state index contributed by atoms with van der Waals surface area (Å²) in [5.74, 6) is -0.909. The third-order valence-electron chi connectivity index (χ3n) is 7.00. The van der Waals surface area contributed by atoms with E-state index in [-0.39, 0.29) is 40.8 Å². The molecule has 1 spiro atoms. The maximum Gasteiger partial charge on any atom is 0.410 e. The smallest absolute Gasteiger partial charge is 0.410 e. The number of nitrogens with two attached hydrogens (primary N) is 1. The zero-order chi connectivity index (χ0) is 27.7. The molecule has 2 aliphatic rings. The molecule has 0 aromatic heterocycles. The Balaban J connectivity index is 1.41. The minimum Gasteiger partial charge on any atom is -0.507 e. The second-order valence-corrected chi connectivity index (χ2v) is 11.4. The SMILES string of the molecule is CS(=O)c1cccc(-c2cc(O)c(C3=C(N)C4(CCCN(C(=O)OCc5ccccc5)C4)OC3=O)cc2Cl)c1. The Morgan fingerprint density at radius 2 is 1.92 bits per heavy atom. The molecule has 2 aliphatic heterocycles. The summed E-state index contributed by atoms with van der Waals surface area (Å²) in [4.78, 5) is 28.0. The van der Waals surface area contributed by atoms with Crippen molar-refractivity contribution in [3.8, 4) is 16.9 Å². The van der Waals surface area contributed by atoms with E-state index in [1.165, 1.54) is 17.0 Å². The fraction of sp³-hybridized carbons (Fsp3) is 0.241. The molecule has 2 unspecified atom stereocenters. The van der Waals surface area contributed by atoms with Gasteiger partial charge in [-0.05, 0) is 48.2 Å². The molecule has 1 amide bonds. The molecule has 2 atom stereocenters. The molecule has 202 valence electrons. The van der Waals surface area contributed by atoms with Crippen molar-refractivity contribution in [2.75, 3.05) is 19.3 Å². The van der Waals surface area contributed by atoms with Gasteiger partial charge in [-0.1, -0.05) is 54.1 Å². The van der Waals surface area contributed by atoms with E-state index in [1.54, 1.807) is 30.5 Å². The maximum absolute atomic E-state index is 13.1. The number of likely N-dealkylation sites (tertiary alicyclic amines) is 1. The number of rotatable bonds is 5. The van der Waals surface area contributed by atoms with E-state index < -0.39 is 28.5 Å². The highest BCUT2D eigenvalue weighted by Crippen LogP contribution is 2.45. The van der Waals surface area contributed by atoms with Gasteiger partial charge in [-0.2, -0.15) is 0 Å². The number of phenolic OH excluding ortho intramolecular Hbond substituents is 1. The van der Waals surface area contributed by atoms with Crippen molar-refractivity contribution >= 4 is 40.0 Å². The van der Waals surface area contributed by atoms with Crippen LogP contribution in [0.3, 0.4) is 0 Å². The summed E-state index contributed by atoms with van der Waals surface area (Å²) in [7, 11) is -1.19. The highest BCUT2D eigenvalue weighted by atomic mass is 35.5. The summed E-state index contributed by atoms with van der Waals surface area (Å²) in [5, 5.41) is 11.2. The number of carbonyl (C=O) groups excluding carboxylic acids is 2. The molecular formula is C29H27ClN2O6S. The van der Waals surface area contributed by atoms with E-state index in [2.05, 4.69) is 0 Å². The fourth-order valence-electron chi connectivity index (χ4n) is 4.99. The Morgan fingerprint density at radius 1 is 1.15 bits per heavy atom. The second kappa shape index (κ2) is 10.7. The van der Waals surface area contributed by atoms with Gasteiger partial charge in [-0.3, -0.25) is 4.21 Å². The first-order valence-electron chi connectivity index (χ1n) is 12.3. The molecule has 3 aromatic rings. The van der Waals surface area contributed by atoms with E-state index >= 15 is 0 Å². The first-order valence-corrected chi connectivity index (χ1v) is 14.3. The normalized spacial score (nSPS) is 19.7. The van der Waals surface area contributed by atoms with Gasteiger partial charge in [0.2, 0.25) is 0 Å². The van der Waals surface area contributed by atoms with Gasteiger partial charge in [0.05, 0.1) is 17.8 Å². The largest absolute Gasteiger partial charge is 0.507 e. The quantitative estimate of drug-likeness (QED) is 0.424. The van der Waals surface area contributed by atoms with Crippen molar-refractivity contribution in [3.63, 3.8) is 0 Å². The minimum absolute atomic E-state index is 0.0175. The number of amides is 1. The molecule has 5 rings (SSSR count). The van der Waals surface area contributed by atoms with E-state index in [0.29, 0.717) is 35.4 Å². The summed E-state index contributed by atoms with van der Waals surface area (Å²) in [5.41, 5.74) is 7.63. The first-order chi connectivity index (χ1) is 18.7. The number of ether oxygens (including phenoxy) is 2. The summed E-state index contributed by atoms with van der Waals surface area (Å²) >= 11 is 6.60. The number of hydrogen-bond donors (Lipinski definition) is 2. The van der Waals surface area contributed by atoms with Gasteiger partial charge in [0, 0.05) is 44.6 Å². The third-order valence-corrected chi connectivity index (χ3v) is 8.23. The predicted molar refractivity (Wildman–Crippen MR) is 148 cm³/mol. The van der Waals surface area contributed by atoms with Crippen LogP contribution in [0.1, 0.15) is 24.0 Å². The number of carbonyl (C=O) groups is 2. The lowest BCUT2D eigenvalue weighted by atomic mass is 9.87. The summed E-state index contributed by atoms with van der Waals surface area (Å²) in [6.07, 6.45) is 2.01. The maximum atomic E-state index is 13.1. The van der Waals surface area contributed by atoms with E-state index in [4.69, 9.17) is 26.8 Å². The van der Waals surface area contributed by atoms with E-state index in [1.807, 2.05) is 30.3 Å². The van der Waals surface area contributed by atoms with E-state index in [9.17, 15) is 18.9 Å². The Hall–Kier alpha value is -3.82. The molecule has 0 saturated carbocycles. The van der Waals surface area contributed by atoms with Crippen molar-refractivity contribution in [2.45, 2.75) is 29.9 Å². The molecule has 0 radical (unpaired) electrons. The summed E-state index contributed by atoms with van der Waals surface area (Å²) in [6, 6.07) is 19.3. The van der Waals surface area contributed by atoms with Gasteiger partial charge in [0.1, 0.15) is 12.4 Å². The van der Waals surface area contributed by atoms with Crippen LogP contribution in [0.15, 0.2) is 77.3 Å². The van der Waals surface area contributed by atoms with Gasteiger partial charge in [0.25, 0.3) is 0 Å². The molecule has 3 N–H and O–H groups in total. The number of nitrogens with zero attached hydrogens (tertiary/aromatic N) is 1. The third kappa shape index (κ3) is 5.24. The van der Waals surface area contributed by atoms with Crippen molar-refractivity contribution in [2.24, 2.45) is 5.73 Å². The minimum atomic E-state index is -1.23. The monoisotopic (exact) mass is 566 g/mol. The van der Waals surface area contributed by atoms with Crippen molar-refractivity contribution in [3.05, 3.63) is 88.6 Å². The Morgan fingerprint density at radius 3 is 2.67 bits per heavy atom. The Kier molecular flexibility index (Phi) is 7.38. The number of esters is 1. The number of benzene rings is 3. The van der Waals surface area contributed by atoms with Crippen LogP contribution in [0.4, 0.5) is 4.79 Å². The van der Waals surface area contributed by atoms with Crippen LogP contribution in [-0.2, 0) is 31.7 Å². The van der Waals surface area contributed by atoms with Gasteiger partial charge in [-0.15, -0.1) is 0 Å². The highest BCUT2D eigenvalue weighted by Gasteiger charge is 2.51. The molecular weight excluding hydrogens is 540 g/mol. The van der Waals surface area contributed by atoms with Crippen molar-refractivity contribution < 1.29 is 28.4 Å². The molecule has 2 heterocycles. The van der Waals surface area contributed by atoms with Crippen LogP contribution < -0.4 is 5.73 Å². The van der Waals surface area contributed by atoms with Gasteiger partial charge in [-0.25, -0.2) is 9.59 Å². The summed E-state index contributed by atoms with van der Waals surface area (Å²) < 4.78 is 23.2. The molecule has 3 aromatic carbocycles. The zero-order valence-electron chi connectivity index (χ0n) is 21.2. The molecule has 39 heavy (non-hydrogen) atoms. The molecule has 0 bridgehead atoms. The van der Waals surface area contributed by atoms with Crippen LogP contribution in [-0.4, -0.2) is 51.2 Å². The first kappa shape index (κ1) is 26.8. The molecule has 0 aliphatic carbocycles. The van der Waals surface area contributed by atoms with Crippen LogP contribution in [0.2, 0.25) is 5.02 Å². The average Bonchev–Trinajstić information content (AvgIpc) is 3.16. The average molecular weight is 567 g/mol. The number of hydrogen-bond acceptors (Lipinski definition) is 7. The van der Waals surface area contributed by atoms with Crippen molar-refractivity contribution in [1.82, 2.24) is 4.90 Å². The van der Waals surface area contributed by atoms with Crippen LogP contribution in [0.5, 0.6) is 5.75 Å². The van der Waals surface area contributed by atoms with Crippen molar-refractivity contribution in [1.29, 1.82) is 0 Å². The van der Waals surface area contributed by atoms with Gasteiger partial charge in [0.15, 0.2) is 5.60 Å². The molecule has 1 fully saturated rings. The second-order valence-electron chi connectivity index (χ2n) is 9.57. The van der Waals surface area contributed by atoms with Gasteiger partial charge < -0.3 is 25.2 Å². The van der Waals surface area contributed by atoms with Crippen LogP contribution in [0.25, 0.3) is 16.7 Å². The summed E-state index contributed by atoms with van der Waals surface area (Å²) in [6.45, 7) is 0.591. The van der Waals surface area contributed by atoms with Crippen LogP contribution in [0, 0.1) is 0 Å². The fourth-order valence-corrected chi connectivity index (χ4v) is 5.83. The lowest BCUT2D eigenvalue weighted by Gasteiger charge is -2.39. The highest BCUT2D eigenvalue weighted by molar-refractivity contribution is 7.84. The molecule has 8 nitrogen and oxygen atoms in total. The molecule has 1 saturated heterocycles. The zero-order valence-corrected chi connectivity index (χ0v) is 22.8. The van der Waals surface area contributed by atoms with E-state index in [0.717, 1.165) is 5.56 Å². The lowest BCUT2D eigenvalue weighted by molar-refractivity contribution is -0.149. The number of halogens is 1.